The van der Waals surface area contributed by atoms with E-state index in [1.54, 1.807) is 24.3 Å². The average molecular weight is 305 g/mol. The molecule has 2 N–H and O–H groups in total. The summed E-state index contributed by atoms with van der Waals surface area (Å²) in [6.45, 7) is 0.317. The second kappa shape index (κ2) is 6.97. The number of nitriles is 1. The van der Waals surface area contributed by atoms with Crippen molar-refractivity contribution in [3.8, 4) is 6.07 Å². The highest BCUT2D eigenvalue weighted by Gasteiger charge is 2.13. The number of hydrogen-bond acceptors (Lipinski definition) is 5. The molecule has 0 unspecified atom stereocenters. The lowest BCUT2D eigenvalue weighted by Crippen LogP contribution is -2.26. The van der Waals surface area contributed by atoms with E-state index in [1.165, 1.54) is 6.33 Å². The zero-order valence-electron chi connectivity index (χ0n) is 11.3. The summed E-state index contributed by atoms with van der Waals surface area (Å²) in [7, 11) is -3.46. The Kier molecular flexibility index (Phi) is 5.03. The fourth-order valence-electron chi connectivity index (χ4n) is 1.85. The Morgan fingerprint density at radius 1 is 1.33 bits per heavy atom. The summed E-state index contributed by atoms with van der Waals surface area (Å²) in [4.78, 5) is 3.96. The maximum Gasteiger partial charge on any atom is 0.215 e. The van der Waals surface area contributed by atoms with Gasteiger partial charge in [-0.1, -0.05) is 18.2 Å². The first-order valence-corrected chi connectivity index (χ1v) is 8.05. The van der Waals surface area contributed by atoms with Crippen molar-refractivity contribution >= 4 is 10.0 Å². The minimum absolute atomic E-state index is 0.195. The van der Waals surface area contributed by atoms with Crippen molar-refractivity contribution in [3.05, 3.63) is 47.5 Å². The molecule has 0 aliphatic heterocycles. The van der Waals surface area contributed by atoms with Crippen LogP contribution in [-0.4, -0.2) is 30.1 Å². The molecular formula is C13H15N5O2S. The molecular weight excluding hydrogens is 290 g/mol. The molecule has 110 valence electrons. The van der Waals surface area contributed by atoms with Gasteiger partial charge in [0.25, 0.3) is 0 Å². The second-order valence-electron chi connectivity index (χ2n) is 4.46. The van der Waals surface area contributed by atoms with Crippen LogP contribution in [0.1, 0.15) is 23.4 Å². The third-order valence-corrected chi connectivity index (χ3v) is 4.20. The lowest BCUT2D eigenvalue weighted by atomic mass is 10.1. The van der Waals surface area contributed by atoms with Crippen LogP contribution in [0, 0.1) is 11.3 Å². The Morgan fingerprint density at radius 3 is 2.86 bits per heavy atom. The number of nitrogens with one attached hydrogen (secondary N) is 2. The molecule has 0 amide bonds. The van der Waals surface area contributed by atoms with Gasteiger partial charge >= 0.3 is 0 Å². The highest BCUT2D eigenvalue weighted by molar-refractivity contribution is 7.88. The van der Waals surface area contributed by atoms with Crippen LogP contribution in [0.3, 0.4) is 0 Å². The predicted molar refractivity (Wildman–Crippen MR) is 76.5 cm³/mol. The predicted octanol–water partition coefficient (Wildman–Crippen LogP) is 0.729. The van der Waals surface area contributed by atoms with Crippen molar-refractivity contribution in [2.24, 2.45) is 0 Å². The summed E-state index contributed by atoms with van der Waals surface area (Å²) in [6.07, 6.45) is 2.66. The number of aromatic amines is 1. The zero-order chi connectivity index (χ0) is 15.1. The van der Waals surface area contributed by atoms with E-state index in [0.29, 0.717) is 30.5 Å². The molecule has 2 aromatic rings. The van der Waals surface area contributed by atoms with E-state index in [0.717, 1.165) is 5.82 Å². The molecule has 1 aromatic carbocycles. The van der Waals surface area contributed by atoms with Crippen LogP contribution in [0.25, 0.3) is 0 Å². The number of benzene rings is 1. The summed E-state index contributed by atoms with van der Waals surface area (Å²) in [6, 6.07) is 8.67. The highest BCUT2D eigenvalue weighted by Crippen LogP contribution is 2.10. The Balaban J connectivity index is 1.86. The highest BCUT2D eigenvalue weighted by atomic mass is 32.2. The van der Waals surface area contributed by atoms with Crippen molar-refractivity contribution in [1.29, 1.82) is 5.26 Å². The molecule has 8 heteroatoms. The van der Waals surface area contributed by atoms with E-state index < -0.39 is 10.0 Å². The lowest BCUT2D eigenvalue weighted by molar-refractivity contribution is 0.577. The number of aromatic nitrogens is 3. The van der Waals surface area contributed by atoms with Crippen molar-refractivity contribution < 1.29 is 8.42 Å². The van der Waals surface area contributed by atoms with Gasteiger partial charge in [0, 0.05) is 13.0 Å². The summed E-state index contributed by atoms with van der Waals surface area (Å²) >= 11 is 0. The molecule has 0 spiro atoms. The quantitative estimate of drug-likeness (QED) is 0.732. The molecule has 2 rings (SSSR count). The monoisotopic (exact) mass is 305 g/mol. The molecule has 0 radical (unpaired) electrons. The maximum absolute atomic E-state index is 12.0. The largest absolute Gasteiger partial charge is 0.263 e. The number of rotatable bonds is 7. The minimum Gasteiger partial charge on any atom is -0.263 e. The first kappa shape index (κ1) is 15.2. The van der Waals surface area contributed by atoms with Gasteiger partial charge in [0.05, 0.1) is 17.4 Å². The third kappa shape index (κ3) is 4.66. The molecule has 1 heterocycles. The molecule has 0 bridgehead atoms. The van der Waals surface area contributed by atoms with Gasteiger partial charge < -0.3 is 0 Å². The summed E-state index contributed by atoms with van der Waals surface area (Å²) < 4.78 is 26.5. The molecule has 1 aromatic heterocycles. The Bertz CT molecular complexity index is 719. The first-order valence-electron chi connectivity index (χ1n) is 6.40. The van der Waals surface area contributed by atoms with Crippen LogP contribution in [0.2, 0.25) is 0 Å². The van der Waals surface area contributed by atoms with Gasteiger partial charge in [0.1, 0.15) is 12.2 Å². The van der Waals surface area contributed by atoms with Gasteiger partial charge in [-0.3, -0.25) is 5.10 Å². The first-order chi connectivity index (χ1) is 10.1. The smallest absolute Gasteiger partial charge is 0.215 e. The van der Waals surface area contributed by atoms with Gasteiger partial charge in [-0.25, -0.2) is 18.1 Å². The standard InChI is InChI=1S/C13H15N5O2S/c14-8-11-4-1-2-5-12(11)9-21(19,20)17-7-3-6-13-15-10-16-18-13/h1-2,4-5,10,17H,3,6-7,9H2,(H,15,16,18). The number of hydrogen-bond donors (Lipinski definition) is 2. The zero-order valence-corrected chi connectivity index (χ0v) is 12.1. The minimum atomic E-state index is -3.46. The van der Waals surface area contributed by atoms with Crippen molar-refractivity contribution in [3.63, 3.8) is 0 Å². The van der Waals surface area contributed by atoms with Crippen LogP contribution in [-0.2, 0) is 22.2 Å². The Morgan fingerprint density at radius 2 is 2.14 bits per heavy atom. The molecule has 0 aliphatic carbocycles. The summed E-state index contributed by atoms with van der Waals surface area (Å²) in [5, 5.41) is 15.4. The second-order valence-corrected chi connectivity index (χ2v) is 6.26. The third-order valence-electron chi connectivity index (χ3n) is 2.86. The van der Waals surface area contributed by atoms with Gasteiger partial charge in [-0.15, -0.1) is 0 Å². The average Bonchev–Trinajstić information content (AvgIpc) is 2.97. The normalized spacial score (nSPS) is 11.2. The molecule has 0 atom stereocenters. The van der Waals surface area contributed by atoms with Crippen molar-refractivity contribution in [2.45, 2.75) is 18.6 Å². The molecule has 21 heavy (non-hydrogen) atoms. The van der Waals surface area contributed by atoms with E-state index in [4.69, 9.17) is 5.26 Å². The summed E-state index contributed by atoms with van der Waals surface area (Å²) in [5.41, 5.74) is 0.882. The van der Waals surface area contributed by atoms with Crippen molar-refractivity contribution in [2.75, 3.05) is 6.54 Å². The van der Waals surface area contributed by atoms with Gasteiger partial charge in [-0.2, -0.15) is 10.4 Å². The van der Waals surface area contributed by atoms with E-state index in [9.17, 15) is 8.42 Å². The number of sulfonamides is 1. The maximum atomic E-state index is 12.0. The van der Waals surface area contributed by atoms with Gasteiger partial charge in [0.15, 0.2) is 0 Å². The van der Waals surface area contributed by atoms with E-state index >= 15 is 0 Å². The number of aryl methyl sites for hydroxylation is 1. The fraction of sp³-hybridized carbons (Fsp3) is 0.308. The van der Waals surface area contributed by atoms with Gasteiger partial charge in [0.2, 0.25) is 10.0 Å². The number of nitrogens with zero attached hydrogens (tertiary/aromatic N) is 3. The van der Waals surface area contributed by atoms with E-state index in [2.05, 4.69) is 19.9 Å². The topological polar surface area (TPSA) is 112 Å². The van der Waals surface area contributed by atoms with E-state index in [1.807, 2.05) is 6.07 Å². The van der Waals surface area contributed by atoms with Crippen LogP contribution in [0.4, 0.5) is 0 Å². The molecule has 7 nitrogen and oxygen atoms in total. The molecule has 0 saturated heterocycles. The SMILES string of the molecule is N#Cc1ccccc1CS(=O)(=O)NCCCc1ncn[nH]1. The van der Waals surface area contributed by atoms with Crippen LogP contribution in [0.15, 0.2) is 30.6 Å². The van der Waals surface area contributed by atoms with Crippen LogP contribution >= 0.6 is 0 Å². The molecule has 0 fully saturated rings. The van der Waals surface area contributed by atoms with Gasteiger partial charge in [-0.05, 0) is 18.1 Å². The van der Waals surface area contributed by atoms with Crippen molar-refractivity contribution in [1.82, 2.24) is 19.9 Å². The summed E-state index contributed by atoms with van der Waals surface area (Å²) in [5.74, 6) is 0.531. The van der Waals surface area contributed by atoms with Crippen LogP contribution in [0.5, 0.6) is 0 Å². The lowest BCUT2D eigenvalue weighted by Gasteiger charge is -2.07. The molecule has 0 aliphatic rings. The fourth-order valence-corrected chi connectivity index (χ4v) is 3.06. The Labute approximate surface area is 123 Å². The van der Waals surface area contributed by atoms with Crippen LogP contribution < -0.4 is 4.72 Å². The Hall–Kier alpha value is -2.24. The molecule has 0 saturated carbocycles. The number of H-pyrrole nitrogens is 1. The van der Waals surface area contributed by atoms with E-state index in [-0.39, 0.29) is 5.75 Å².